The zero-order valence-electron chi connectivity index (χ0n) is 18.4. The van der Waals surface area contributed by atoms with Crippen molar-refractivity contribution in [2.45, 2.75) is 64.5 Å². The quantitative estimate of drug-likeness (QED) is 0.549. The highest BCUT2D eigenvalue weighted by molar-refractivity contribution is 6.02. The van der Waals surface area contributed by atoms with Crippen LogP contribution in [0.25, 0.3) is 0 Å². The number of nitrogens with one attached hydrogen (secondary N) is 4. The topological polar surface area (TPSA) is 127 Å². The number of pyridine rings is 2. The Morgan fingerprint density at radius 3 is 2.75 bits per heavy atom. The molecule has 0 spiro atoms. The third-order valence-corrected chi connectivity index (χ3v) is 6.30. The summed E-state index contributed by atoms with van der Waals surface area (Å²) < 4.78 is 0. The number of H-pyrrole nitrogens is 2. The van der Waals surface area contributed by atoms with Crippen molar-refractivity contribution in [1.82, 2.24) is 15.3 Å². The summed E-state index contributed by atoms with van der Waals surface area (Å²) in [6.07, 6.45) is 6.02. The minimum Gasteiger partial charge on any atom is -0.364 e. The van der Waals surface area contributed by atoms with E-state index < -0.39 is 5.56 Å². The van der Waals surface area contributed by atoms with E-state index in [-0.39, 0.29) is 40.7 Å². The van der Waals surface area contributed by atoms with Crippen molar-refractivity contribution in [1.29, 1.82) is 0 Å². The highest BCUT2D eigenvalue weighted by Gasteiger charge is 2.28. The number of rotatable bonds is 6. The summed E-state index contributed by atoms with van der Waals surface area (Å²) in [6.45, 7) is 4.35. The van der Waals surface area contributed by atoms with E-state index in [0.717, 1.165) is 36.8 Å². The van der Waals surface area contributed by atoms with Gasteiger partial charge in [0.2, 0.25) is 11.5 Å². The lowest BCUT2D eigenvalue weighted by molar-refractivity contribution is -0.117. The van der Waals surface area contributed by atoms with Gasteiger partial charge in [-0.15, -0.1) is 0 Å². The molecule has 3 heterocycles. The lowest BCUT2D eigenvalue weighted by Gasteiger charge is -2.28. The first-order valence-corrected chi connectivity index (χ1v) is 11.2. The van der Waals surface area contributed by atoms with E-state index in [2.05, 4.69) is 20.6 Å². The number of carbonyl (C=O) groups is 2. The Morgan fingerprint density at radius 1 is 1.22 bits per heavy atom. The number of hydrogen-bond donors (Lipinski definition) is 4. The van der Waals surface area contributed by atoms with Gasteiger partial charge in [0.1, 0.15) is 11.5 Å². The fraction of sp³-hybridized carbons (Fsp3) is 0.478. The first kappa shape index (κ1) is 21.9. The summed E-state index contributed by atoms with van der Waals surface area (Å²) in [5.41, 5.74) is 1.83. The van der Waals surface area contributed by atoms with Crippen LogP contribution in [0.15, 0.2) is 27.9 Å². The van der Waals surface area contributed by atoms with Gasteiger partial charge >= 0.3 is 0 Å². The molecular weight excluding hydrogens is 410 g/mol. The molecule has 4 N–H and O–H groups in total. The highest BCUT2D eigenvalue weighted by Crippen LogP contribution is 2.32. The van der Waals surface area contributed by atoms with E-state index in [9.17, 15) is 19.2 Å². The molecule has 1 aliphatic carbocycles. The Hall–Kier alpha value is -3.36. The number of anilines is 2. The van der Waals surface area contributed by atoms with Crippen molar-refractivity contribution in [3.05, 3.63) is 55.7 Å². The Labute approximate surface area is 185 Å². The van der Waals surface area contributed by atoms with Crippen LogP contribution in [0.2, 0.25) is 0 Å². The van der Waals surface area contributed by atoms with Gasteiger partial charge in [-0.25, -0.2) is 0 Å². The molecule has 0 saturated carbocycles. The standard InChI is InChI=1S/C23H29N5O4/c1-3-13(2)25-22(31)15-11-18(28-9-5-8-20(28)30)23(32)27-21(15)26-17-7-4-6-14-10-19(29)24-12-16(14)17/h10-13,17H,3-9H2,1-2H3,(H,24,29)(H,25,31)(H2,26,27,32). The van der Waals surface area contributed by atoms with E-state index >= 15 is 0 Å². The molecule has 32 heavy (non-hydrogen) atoms. The number of fused-ring (bicyclic) bond motifs is 1. The Kier molecular flexibility index (Phi) is 6.16. The number of aromatic nitrogens is 2. The van der Waals surface area contributed by atoms with Crippen LogP contribution < -0.4 is 26.7 Å². The number of amides is 2. The lowest BCUT2D eigenvalue weighted by atomic mass is 9.89. The molecule has 1 fully saturated rings. The molecule has 4 rings (SSSR count). The predicted molar refractivity (Wildman–Crippen MR) is 122 cm³/mol. The summed E-state index contributed by atoms with van der Waals surface area (Å²) in [5, 5.41) is 6.27. The lowest BCUT2D eigenvalue weighted by Crippen LogP contribution is -2.35. The summed E-state index contributed by atoms with van der Waals surface area (Å²) in [7, 11) is 0. The molecule has 2 aliphatic rings. The van der Waals surface area contributed by atoms with Crippen molar-refractivity contribution >= 4 is 23.3 Å². The SMILES string of the molecule is CCC(C)NC(=O)c1cc(N2CCCC2=O)c(=O)[nH]c1NC1CCCc2cc(=O)[nH]cc21. The molecule has 0 bridgehead atoms. The molecule has 170 valence electrons. The van der Waals surface area contributed by atoms with E-state index in [1.54, 1.807) is 12.3 Å². The van der Waals surface area contributed by atoms with Crippen molar-refractivity contribution in [3.8, 4) is 0 Å². The molecule has 2 atom stereocenters. The first-order chi connectivity index (χ1) is 15.4. The highest BCUT2D eigenvalue weighted by atomic mass is 16.2. The Morgan fingerprint density at radius 2 is 2.03 bits per heavy atom. The van der Waals surface area contributed by atoms with Crippen LogP contribution >= 0.6 is 0 Å². The maximum absolute atomic E-state index is 13.1. The van der Waals surface area contributed by atoms with Crippen LogP contribution in [0.5, 0.6) is 0 Å². The Balaban J connectivity index is 1.73. The second kappa shape index (κ2) is 9.02. The average Bonchev–Trinajstić information content (AvgIpc) is 3.19. The summed E-state index contributed by atoms with van der Waals surface area (Å²) >= 11 is 0. The molecule has 0 aromatic carbocycles. The zero-order valence-corrected chi connectivity index (χ0v) is 18.4. The van der Waals surface area contributed by atoms with E-state index in [0.29, 0.717) is 25.2 Å². The van der Waals surface area contributed by atoms with Gasteiger partial charge in [-0.05, 0) is 56.2 Å². The number of aryl methyl sites for hydroxylation is 1. The second-order valence-electron chi connectivity index (χ2n) is 8.57. The van der Waals surface area contributed by atoms with Gasteiger partial charge in [0.25, 0.3) is 11.5 Å². The summed E-state index contributed by atoms with van der Waals surface area (Å²) in [5.74, 6) is -0.117. The van der Waals surface area contributed by atoms with Gasteiger partial charge in [-0.3, -0.25) is 19.2 Å². The molecule has 9 nitrogen and oxygen atoms in total. The average molecular weight is 440 g/mol. The van der Waals surface area contributed by atoms with Crippen LogP contribution in [0.3, 0.4) is 0 Å². The number of hydrogen-bond acceptors (Lipinski definition) is 5. The Bertz CT molecular complexity index is 1150. The summed E-state index contributed by atoms with van der Waals surface area (Å²) in [6, 6.07) is 2.91. The van der Waals surface area contributed by atoms with E-state index in [1.807, 2.05) is 13.8 Å². The molecule has 9 heteroatoms. The third kappa shape index (κ3) is 4.32. The smallest absolute Gasteiger partial charge is 0.273 e. The van der Waals surface area contributed by atoms with Crippen molar-refractivity contribution in [3.63, 3.8) is 0 Å². The summed E-state index contributed by atoms with van der Waals surface area (Å²) in [4.78, 5) is 56.9. The molecule has 1 saturated heterocycles. The maximum atomic E-state index is 13.1. The third-order valence-electron chi connectivity index (χ3n) is 6.30. The minimum absolute atomic E-state index is 0.0420. The van der Waals surface area contributed by atoms with Crippen LogP contribution in [0.4, 0.5) is 11.5 Å². The molecule has 2 aromatic rings. The second-order valence-corrected chi connectivity index (χ2v) is 8.57. The molecule has 2 amide bonds. The van der Waals surface area contributed by atoms with Crippen LogP contribution in [0.1, 0.15) is 73.5 Å². The maximum Gasteiger partial charge on any atom is 0.273 e. The van der Waals surface area contributed by atoms with Gasteiger partial charge in [0.15, 0.2) is 0 Å². The first-order valence-electron chi connectivity index (χ1n) is 11.2. The van der Waals surface area contributed by atoms with Gasteiger partial charge < -0.3 is 25.5 Å². The zero-order chi connectivity index (χ0) is 22.8. The van der Waals surface area contributed by atoms with Gasteiger partial charge in [0.05, 0.1) is 11.6 Å². The molecule has 0 radical (unpaired) electrons. The van der Waals surface area contributed by atoms with Gasteiger partial charge in [-0.2, -0.15) is 0 Å². The van der Waals surface area contributed by atoms with Crippen molar-refractivity contribution in [2.24, 2.45) is 0 Å². The van der Waals surface area contributed by atoms with Crippen LogP contribution in [-0.2, 0) is 11.2 Å². The number of aromatic amines is 2. The van der Waals surface area contributed by atoms with Crippen LogP contribution in [0, 0.1) is 0 Å². The number of carbonyl (C=O) groups excluding carboxylic acids is 2. The largest absolute Gasteiger partial charge is 0.364 e. The van der Waals surface area contributed by atoms with E-state index in [1.165, 1.54) is 11.0 Å². The number of nitrogens with zero attached hydrogens (tertiary/aromatic N) is 1. The van der Waals surface area contributed by atoms with Crippen molar-refractivity contribution in [2.75, 3.05) is 16.8 Å². The molecule has 2 aromatic heterocycles. The molecule has 1 aliphatic heterocycles. The fourth-order valence-corrected chi connectivity index (χ4v) is 4.36. The predicted octanol–water partition coefficient (Wildman–Crippen LogP) is 2.21. The minimum atomic E-state index is -0.416. The van der Waals surface area contributed by atoms with Gasteiger partial charge in [-0.1, -0.05) is 6.92 Å². The van der Waals surface area contributed by atoms with Crippen molar-refractivity contribution < 1.29 is 9.59 Å². The molecular formula is C23H29N5O4. The van der Waals surface area contributed by atoms with Gasteiger partial charge in [0, 0.05) is 31.3 Å². The molecule has 2 unspecified atom stereocenters. The normalized spacial score (nSPS) is 18.9. The monoisotopic (exact) mass is 439 g/mol. The van der Waals surface area contributed by atoms with Crippen LogP contribution in [-0.4, -0.2) is 34.4 Å². The van der Waals surface area contributed by atoms with E-state index in [4.69, 9.17) is 0 Å². The fourth-order valence-electron chi connectivity index (χ4n) is 4.36.